The molecule has 0 N–H and O–H groups in total. The molecule has 2 unspecified atom stereocenters. The molecule has 3 rings (SSSR count). The van der Waals surface area contributed by atoms with Gasteiger partial charge in [-0.25, -0.2) is 4.98 Å². The predicted molar refractivity (Wildman–Crippen MR) is 76.0 cm³/mol. The van der Waals surface area contributed by atoms with Crippen molar-refractivity contribution in [3.8, 4) is 0 Å². The third-order valence-electron chi connectivity index (χ3n) is 4.07. The molecule has 1 aliphatic rings. The zero-order chi connectivity index (χ0) is 12.5. The fraction of sp³-hybridized carbons (Fsp3) is 0.533. The summed E-state index contributed by atoms with van der Waals surface area (Å²) in [4.78, 5) is 4.75. The summed E-state index contributed by atoms with van der Waals surface area (Å²) >= 11 is 6.27. The minimum atomic E-state index is 0.374. The Balaban J connectivity index is 1.84. The smallest absolute Gasteiger partial charge is 0.109 e. The first-order valence-electron chi connectivity index (χ1n) is 6.78. The molecular formula is C15H19ClN2. The standard InChI is InChI=1S/C15H19ClN2/c1-18-14-8-3-2-7-13(14)17-15(18)10-11-5-4-6-12(16)9-11/h2-3,7-8,11-12H,4-6,9-10H2,1H3. The summed E-state index contributed by atoms with van der Waals surface area (Å²) in [5.74, 6) is 1.91. The number of para-hydroxylation sites is 2. The Hall–Kier alpha value is -1.02. The molecular weight excluding hydrogens is 244 g/mol. The highest BCUT2D eigenvalue weighted by molar-refractivity contribution is 6.20. The zero-order valence-corrected chi connectivity index (χ0v) is 11.5. The zero-order valence-electron chi connectivity index (χ0n) is 10.8. The summed E-state index contributed by atoms with van der Waals surface area (Å²) < 4.78 is 2.23. The molecule has 0 saturated heterocycles. The summed E-state index contributed by atoms with van der Waals surface area (Å²) in [7, 11) is 2.12. The summed E-state index contributed by atoms with van der Waals surface area (Å²) in [6.07, 6.45) is 5.95. The van der Waals surface area contributed by atoms with Gasteiger partial charge >= 0.3 is 0 Å². The molecule has 1 heterocycles. The Morgan fingerprint density at radius 3 is 2.94 bits per heavy atom. The number of rotatable bonds is 2. The van der Waals surface area contributed by atoms with Crippen molar-refractivity contribution < 1.29 is 0 Å². The van der Waals surface area contributed by atoms with Crippen LogP contribution >= 0.6 is 11.6 Å². The molecule has 1 fully saturated rings. The van der Waals surface area contributed by atoms with Crippen LogP contribution in [-0.2, 0) is 13.5 Å². The van der Waals surface area contributed by atoms with E-state index in [1.807, 2.05) is 0 Å². The largest absolute Gasteiger partial charge is 0.331 e. The highest BCUT2D eigenvalue weighted by Crippen LogP contribution is 2.30. The van der Waals surface area contributed by atoms with Gasteiger partial charge in [0.2, 0.25) is 0 Å². The van der Waals surface area contributed by atoms with Crippen molar-refractivity contribution in [2.75, 3.05) is 0 Å². The minimum Gasteiger partial charge on any atom is -0.331 e. The van der Waals surface area contributed by atoms with E-state index in [-0.39, 0.29) is 0 Å². The Morgan fingerprint density at radius 1 is 1.33 bits per heavy atom. The van der Waals surface area contributed by atoms with E-state index in [9.17, 15) is 0 Å². The monoisotopic (exact) mass is 262 g/mol. The van der Waals surface area contributed by atoms with Crippen LogP contribution in [0.4, 0.5) is 0 Å². The highest BCUT2D eigenvalue weighted by atomic mass is 35.5. The van der Waals surface area contributed by atoms with E-state index in [1.165, 1.54) is 30.6 Å². The number of imidazole rings is 1. The molecule has 3 heteroatoms. The van der Waals surface area contributed by atoms with Crippen LogP contribution in [0.3, 0.4) is 0 Å². The molecule has 0 bridgehead atoms. The Kier molecular flexibility index (Phi) is 3.29. The van der Waals surface area contributed by atoms with Gasteiger partial charge < -0.3 is 4.57 Å². The van der Waals surface area contributed by atoms with Crippen molar-refractivity contribution in [1.82, 2.24) is 9.55 Å². The molecule has 2 aromatic rings. The number of halogens is 1. The highest BCUT2D eigenvalue weighted by Gasteiger charge is 2.22. The lowest BCUT2D eigenvalue weighted by atomic mass is 9.86. The number of benzene rings is 1. The predicted octanol–water partition coefficient (Wildman–Crippen LogP) is 3.91. The van der Waals surface area contributed by atoms with Crippen LogP contribution in [0.1, 0.15) is 31.5 Å². The van der Waals surface area contributed by atoms with Gasteiger partial charge in [0.05, 0.1) is 11.0 Å². The fourth-order valence-electron chi connectivity index (χ4n) is 3.05. The number of aryl methyl sites for hydroxylation is 1. The molecule has 1 aromatic carbocycles. The lowest BCUT2D eigenvalue weighted by Crippen LogP contribution is -2.18. The summed E-state index contributed by atoms with van der Waals surface area (Å²) in [6.45, 7) is 0. The molecule has 1 aromatic heterocycles. The SMILES string of the molecule is Cn1c(CC2CCCC(Cl)C2)nc2ccccc21. The first kappa shape index (κ1) is 12.0. The van der Waals surface area contributed by atoms with Crippen LogP contribution < -0.4 is 0 Å². The third kappa shape index (κ3) is 2.26. The summed E-state index contributed by atoms with van der Waals surface area (Å²) in [6, 6.07) is 8.35. The van der Waals surface area contributed by atoms with Crippen molar-refractivity contribution in [2.45, 2.75) is 37.5 Å². The maximum atomic E-state index is 6.27. The van der Waals surface area contributed by atoms with Crippen LogP contribution in [0.2, 0.25) is 0 Å². The lowest BCUT2D eigenvalue weighted by Gasteiger charge is -2.25. The molecule has 2 nitrogen and oxygen atoms in total. The van der Waals surface area contributed by atoms with E-state index < -0.39 is 0 Å². The number of alkyl halides is 1. The van der Waals surface area contributed by atoms with Gasteiger partial charge in [0.15, 0.2) is 0 Å². The quantitative estimate of drug-likeness (QED) is 0.751. The second-order valence-electron chi connectivity index (χ2n) is 5.41. The number of fused-ring (bicyclic) bond motifs is 1. The average molecular weight is 263 g/mol. The van der Waals surface area contributed by atoms with Crippen LogP contribution in [0.5, 0.6) is 0 Å². The Morgan fingerprint density at radius 2 is 2.17 bits per heavy atom. The van der Waals surface area contributed by atoms with E-state index in [2.05, 4.69) is 35.9 Å². The molecule has 0 radical (unpaired) electrons. The van der Waals surface area contributed by atoms with Gasteiger partial charge in [-0.05, 0) is 37.3 Å². The van der Waals surface area contributed by atoms with Crippen molar-refractivity contribution in [3.05, 3.63) is 30.1 Å². The van der Waals surface area contributed by atoms with E-state index in [0.29, 0.717) is 11.3 Å². The Labute approximate surface area is 113 Å². The van der Waals surface area contributed by atoms with E-state index in [0.717, 1.165) is 18.4 Å². The average Bonchev–Trinajstić information content (AvgIpc) is 2.67. The maximum absolute atomic E-state index is 6.27. The second kappa shape index (κ2) is 4.93. The molecule has 96 valence electrons. The van der Waals surface area contributed by atoms with Crippen molar-refractivity contribution in [3.63, 3.8) is 0 Å². The van der Waals surface area contributed by atoms with Gasteiger partial charge in [-0.1, -0.05) is 18.6 Å². The van der Waals surface area contributed by atoms with E-state index >= 15 is 0 Å². The van der Waals surface area contributed by atoms with Gasteiger partial charge in [0.25, 0.3) is 0 Å². The lowest BCUT2D eigenvalue weighted by molar-refractivity contribution is 0.354. The van der Waals surface area contributed by atoms with E-state index in [4.69, 9.17) is 16.6 Å². The molecule has 0 aliphatic heterocycles. The Bertz CT molecular complexity index is 546. The topological polar surface area (TPSA) is 17.8 Å². The molecule has 2 atom stereocenters. The number of nitrogens with zero attached hydrogens (tertiary/aromatic N) is 2. The van der Waals surface area contributed by atoms with Gasteiger partial charge in [-0.2, -0.15) is 0 Å². The first-order valence-corrected chi connectivity index (χ1v) is 7.22. The van der Waals surface area contributed by atoms with Crippen molar-refractivity contribution >= 4 is 22.6 Å². The third-order valence-corrected chi connectivity index (χ3v) is 4.47. The number of hydrogen-bond acceptors (Lipinski definition) is 1. The van der Waals surface area contributed by atoms with Crippen molar-refractivity contribution in [2.24, 2.45) is 13.0 Å². The molecule has 1 aliphatic carbocycles. The van der Waals surface area contributed by atoms with Gasteiger partial charge in [-0.15, -0.1) is 11.6 Å². The normalized spacial score (nSPS) is 24.6. The number of aromatic nitrogens is 2. The van der Waals surface area contributed by atoms with Crippen LogP contribution in [0, 0.1) is 5.92 Å². The first-order chi connectivity index (χ1) is 8.74. The van der Waals surface area contributed by atoms with Gasteiger partial charge in [0.1, 0.15) is 5.82 Å². The van der Waals surface area contributed by atoms with Gasteiger partial charge in [-0.3, -0.25) is 0 Å². The van der Waals surface area contributed by atoms with Crippen molar-refractivity contribution in [1.29, 1.82) is 0 Å². The van der Waals surface area contributed by atoms with Crippen LogP contribution in [0.25, 0.3) is 11.0 Å². The molecule has 1 saturated carbocycles. The number of hydrogen-bond donors (Lipinski definition) is 0. The summed E-state index contributed by atoms with van der Waals surface area (Å²) in [5, 5.41) is 0.374. The van der Waals surface area contributed by atoms with Crippen LogP contribution in [-0.4, -0.2) is 14.9 Å². The van der Waals surface area contributed by atoms with E-state index in [1.54, 1.807) is 0 Å². The summed E-state index contributed by atoms with van der Waals surface area (Å²) in [5.41, 5.74) is 2.33. The molecule has 18 heavy (non-hydrogen) atoms. The van der Waals surface area contributed by atoms with Crippen LogP contribution in [0.15, 0.2) is 24.3 Å². The fourth-order valence-corrected chi connectivity index (χ4v) is 3.45. The maximum Gasteiger partial charge on any atom is 0.109 e. The molecule has 0 amide bonds. The van der Waals surface area contributed by atoms with Gasteiger partial charge in [0, 0.05) is 18.8 Å². The molecule has 0 spiro atoms. The second-order valence-corrected chi connectivity index (χ2v) is 6.03. The minimum absolute atomic E-state index is 0.374.